The molecule has 0 aliphatic rings. The summed E-state index contributed by atoms with van der Waals surface area (Å²) in [7, 11) is 0. The highest BCUT2D eigenvalue weighted by atomic mass is 35.5. The predicted octanol–water partition coefficient (Wildman–Crippen LogP) is 7.64. The van der Waals surface area contributed by atoms with Crippen LogP contribution in [0.3, 0.4) is 0 Å². The lowest BCUT2D eigenvalue weighted by Gasteiger charge is -2.11. The third-order valence-corrected chi connectivity index (χ3v) is 6.14. The van der Waals surface area contributed by atoms with Gasteiger partial charge in [0.15, 0.2) is 12.2 Å². The third-order valence-electron chi connectivity index (χ3n) is 5.58. The van der Waals surface area contributed by atoms with Crippen LogP contribution in [0.25, 0.3) is 22.6 Å². The summed E-state index contributed by atoms with van der Waals surface area (Å²) in [5.41, 5.74) is 4.76. The lowest BCUT2D eigenvalue weighted by molar-refractivity contribution is -0.118. The molecule has 1 atom stereocenters. The molecule has 1 N–H and O–H groups in total. The topological polar surface area (TPSA) is 64.4 Å². The summed E-state index contributed by atoms with van der Waals surface area (Å²) in [4.78, 5) is 17.1. The third kappa shape index (κ3) is 5.32. The van der Waals surface area contributed by atoms with Gasteiger partial charge in [0.1, 0.15) is 11.3 Å². The van der Waals surface area contributed by atoms with E-state index in [9.17, 15) is 4.79 Å². The highest BCUT2D eigenvalue weighted by Crippen LogP contribution is 2.32. The molecule has 1 aromatic heterocycles. The molecule has 4 aromatic rings. The van der Waals surface area contributed by atoms with E-state index in [4.69, 9.17) is 32.4 Å². The van der Waals surface area contributed by atoms with E-state index in [0.29, 0.717) is 44.4 Å². The molecule has 1 heterocycles. The summed E-state index contributed by atoms with van der Waals surface area (Å²) in [6, 6.07) is 16.6. The Morgan fingerprint density at radius 3 is 2.70 bits per heavy atom. The van der Waals surface area contributed by atoms with Gasteiger partial charge in [0.25, 0.3) is 5.91 Å². The molecule has 3 aromatic carbocycles. The van der Waals surface area contributed by atoms with Crippen molar-refractivity contribution >= 4 is 45.9 Å². The zero-order chi connectivity index (χ0) is 23.5. The first-order valence-electron chi connectivity index (χ1n) is 10.7. The number of ether oxygens (including phenoxy) is 1. The van der Waals surface area contributed by atoms with E-state index < -0.39 is 0 Å². The Hall–Kier alpha value is -3.02. The van der Waals surface area contributed by atoms with E-state index in [-0.39, 0.29) is 12.5 Å². The smallest absolute Gasteiger partial charge is 0.262 e. The molecule has 0 aliphatic carbocycles. The molecule has 0 saturated heterocycles. The van der Waals surface area contributed by atoms with Gasteiger partial charge in [-0.2, -0.15) is 0 Å². The maximum Gasteiger partial charge on any atom is 0.262 e. The number of oxazole rings is 1. The minimum absolute atomic E-state index is 0.162. The number of halogens is 2. The van der Waals surface area contributed by atoms with Gasteiger partial charge in [-0.1, -0.05) is 43.1 Å². The fraction of sp³-hybridized carbons (Fsp3) is 0.231. The molecule has 0 radical (unpaired) electrons. The van der Waals surface area contributed by atoms with Crippen molar-refractivity contribution in [1.82, 2.24) is 4.98 Å². The van der Waals surface area contributed by atoms with Crippen LogP contribution in [0.4, 0.5) is 5.69 Å². The molecule has 170 valence electrons. The standard InChI is InChI=1S/C26H24Cl2N2O3/c1-4-15(2)17-6-9-24-22(12-17)30-26(33-24)18-5-8-20(28)21(13-18)29-25(31)14-32-23-10-7-19(27)11-16(23)3/h5-13,15H,4,14H2,1-3H3,(H,29,31). The molecule has 5 nitrogen and oxygen atoms in total. The molecule has 7 heteroatoms. The van der Waals surface area contributed by atoms with Gasteiger partial charge in [-0.3, -0.25) is 4.79 Å². The van der Waals surface area contributed by atoms with Crippen LogP contribution in [-0.4, -0.2) is 17.5 Å². The van der Waals surface area contributed by atoms with Crippen LogP contribution in [0.15, 0.2) is 59.0 Å². The highest BCUT2D eigenvalue weighted by molar-refractivity contribution is 6.33. The van der Waals surface area contributed by atoms with E-state index in [2.05, 4.69) is 36.3 Å². The van der Waals surface area contributed by atoms with Crippen molar-refractivity contribution in [3.05, 3.63) is 75.8 Å². The molecule has 0 saturated carbocycles. The van der Waals surface area contributed by atoms with Crippen molar-refractivity contribution in [2.75, 3.05) is 11.9 Å². The van der Waals surface area contributed by atoms with Crippen LogP contribution >= 0.6 is 23.2 Å². The minimum Gasteiger partial charge on any atom is -0.483 e. The van der Waals surface area contributed by atoms with E-state index in [1.807, 2.05) is 19.1 Å². The zero-order valence-corrected chi connectivity index (χ0v) is 20.1. The number of carbonyl (C=O) groups excluding carboxylic acids is 1. The molecule has 33 heavy (non-hydrogen) atoms. The second-order valence-electron chi connectivity index (χ2n) is 8.00. The lowest BCUT2D eigenvalue weighted by Crippen LogP contribution is -2.20. The Morgan fingerprint density at radius 1 is 1.12 bits per heavy atom. The summed E-state index contributed by atoms with van der Waals surface area (Å²) >= 11 is 12.3. The van der Waals surface area contributed by atoms with Crippen molar-refractivity contribution < 1.29 is 13.9 Å². The maximum absolute atomic E-state index is 12.5. The number of carbonyl (C=O) groups is 1. The minimum atomic E-state index is -0.334. The van der Waals surface area contributed by atoms with Crippen molar-refractivity contribution in [3.63, 3.8) is 0 Å². The SMILES string of the molecule is CCC(C)c1ccc2oc(-c3ccc(Cl)c(NC(=O)COc4ccc(Cl)cc4C)c3)nc2c1. The second kappa shape index (κ2) is 9.86. The number of aromatic nitrogens is 1. The van der Waals surface area contributed by atoms with Crippen molar-refractivity contribution in [2.45, 2.75) is 33.1 Å². The highest BCUT2D eigenvalue weighted by Gasteiger charge is 2.14. The van der Waals surface area contributed by atoms with E-state index in [1.165, 1.54) is 5.56 Å². The fourth-order valence-corrected chi connectivity index (χ4v) is 3.86. The van der Waals surface area contributed by atoms with Gasteiger partial charge in [-0.05, 0) is 78.9 Å². The number of nitrogens with one attached hydrogen (secondary N) is 1. The average Bonchev–Trinajstić information content (AvgIpc) is 3.23. The Kier molecular flexibility index (Phi) is 6.91. The van der Waals surface area contributed by atoms with Crippen molar-refractivity contribution in [2.24, 2.45) is 0 Å². The quantitative estimate of drug-likeness (QED) is 0.293. The normalized spacial score (nSPS) is 12.0. The number of hydrogen-bond donors (Lipinski definition) is 1. The number of rotatable bonds is 7. The van der Waals surface area contributed by atoms with Crippen LogP contribution in [0.2, 0.25) is 10.0 Å². The van der Waals surface area contributed by atoms with Crippen LogP contribution in [0, 0.1) is 6.92 Å². The van der Waals surface area contributed by atoms with Crippen LogP contribution in [0.5, 0.6) is 5.75 Å². The number of anilines is 1. The van der Waals surface area contributed by atoms with E-state index >= 15 is 0 Å². The molecule has 1 amide bonds. The van der Waals surface area contributed by atoms with Crippen LogP contribution in [-0.2, 0) is 4.79 Å². The Balaban J connectivity index is 1.51. The molecule has 0 fully saturated rings. The second-order valence-corrected chi connectivity index (χ2v) is 8.84. The Morgan fingerprint density at radius 2 is 1.94 bits per heavy atom. The molecular formula is C26H24Cl2N2O3. The van der Waals surface area contributed by atoms with Gasteiger partial charge in [0.05, 0.1) is 10.7 Å². The Labute approximate surface area is 202 Å². The molecule has 0 bridgehead atoms. The zero-order valence-electron chi connectivity index (χ0n) is 18.6. The van der Waals surface area contributed by atoms with Crippen molar-refractivity contribution in [1.29, 1.82) is 0 Å². The number of hydrogen-bond acceptors (Lipinski definition) is 4. The first-order valence-corrected chi connectivity index (χ1v) is 11.5. The van der Waals surface area contributed by atoms with Crippen molar-refractivity contribution in [3.8, 4) is 17.2 Å². The number of benzene rings is 3. The largest absolute Gasteiger partial charge is 0.483 e. The van der Waals surface area contributed by atoms with Gasteiger partial charge in [-0.15, -0.1) is 0 Å². The molecule has 0 spiro atoms. The number of fused-ring (bicyclic) bond motifs is 1. The summed E-state index contributed by atoms with van der Waals surface area (Å²) in [5.74, 6) is 1.18. The summed E-state index contributed by atoms with van der Waals surface area (Å²) in [6.45, 7) is 6.05. The van der Waals surface area contributed by atoms with E-state index in [1.54, 1.807) is 30.3 Å². The summed E-state index contributed by atoms with van der Waals surface area (Å²) < 4.78 is 11.6. The van der Waals surface area contributed by atoms with Gasteiger partial charge < -0.3 is 14.5 Å². The van der Waals surface area contributed by atoms with Gasteiger partial charge in [-0.25, -0.2) is 4.98 Å². The monoisotopic (exact) mass is 482 g/mol. The van der Waals surface area contributed by atoms with Crippen LogP contribution < -0.4 is 10.1 Å². The molecule has 1 unspecified atom stereocenters. The first kappa shape index (κ1) is 23.1. The first-order chi connectivity index (χ1) is 15.8. The predicted molar refractivity (Wildman–Crippen MR) is 133 cm³/mol. The average molecular weight is 483 g/mol. The number of amides is 1. The Bertz CT molecular complexity index is 1320. The number of aryl methyl sites for hydroxylation is 1. The van der Waals surface area contributed by atoms with Crippen LogP contribution in [0.1, 0.15) is 37.3 Å². The van der Waals surface area contributed by atoms with Gasteiger partial charge in [0.2, 0.25) is 5.89 Å². The number of nitrogens with zero attached hydrogens (tertiary/aromatic N) is 1. The fourth-order valence-electron chi connectivity index (χ4n) is 3.47. The summed E-state index contributed by atoms with van der Waals surface area (Å²) in [6.07, 6.45) is 1.05. The molecule has 4 rings (SSSR count). The maximum atomic E-state index is 12.5. The molecule has 0 aliphatic heterocycles. The molecular weight excluding hydrogens is 459 g/mol. The van der Waals surface area contributed by atoms with E-state index in [0.717, 1.165) is 17.5 Å². The van der Waals surface area contributed by atoms with Gasteiger partial charge in [0, 0.05) is 10.6 Å². The lowest BCUT2D eigenvalue weighted by atomic mass is 9.98. The summed E-state index contributed by atoms with van der Waals surface area (Å²) in [5, 5.41) is 3.82. The van der Waals surface area contributed by atoms with Gasteiger partial charge >= 0.3 is 0 Å².